The van der Waals surface area contributed by atoms with Gasteiger partial charge >= 0.3 is 0 Å². The number of hydrazine groups is 1. The van der Waals surface area contributed by atoms with E-state index in [9.17, 15) is 4.79 Å². The molecule has 1 amide bonds. The first-order valence-electron chi connectivity index (χ1n) is 6.64. The van der Waals surface area contributed by atoms with Crippen molar-refractivity contribution in [2.45, 2.75) is 19.8 Å². The third kappa shape index (κ3) is 3.88. The van der Waals surface area contributed by atoms with Crippen LogP contribution in [-0.4, -0.2) is 24.0 Å². The highest BCUT2D eigenvalue weighted by Gasteiger charge is 2.15. The number of hydrogen-bond donors (Lipinski definition) is 3. The second kappa shape index (κ2) is 6.82. The molecule has 1 aromatic carbocycles. The minimum Gasteiger partial charge on any atom is -0.352 e. The number of carbonyl (C=O) groups excluding carboxylic acids is 1. The van der Waals surface area contributed by atoms with E-state index in [1.54, 1.807) is 6.07 Å². The fourth-order valence-corrected chi connectivity index (χ4v) is 3.46. The Morgan fingerprint density at radius 1 is 1.42 bits per heavy atom. The summed E-state index contributed by atoms with van der Waals surface area (Å²) in [6.45, 7) is 2.72. The monoisotopic (exact) mass is 279 g/mol. The molecule has 0 radical (unpaired) electrons. The molecule has 4 nitrogen and oxygen atoms in total. The van der Waals surface area contributed by atoms with Gasteiger partial charge in [-0.3, -0.25) is 10.6 Å². The molecule has 2 rings (SSSR count). The van der Waals surface area contributed by atoms with Gasteiger partial charge in [-0.1, -0.05) is 0 Å². The number of anilines is 1. The van der Waals surface area contributed by atoms with E-state index in [-0.39, 0.29) is 5.91 Å². The van der Waals surface area contributed by atoms with Gasteiger partial charge in [-0.05, 0) is 61.0 Å². The third-order valence-electron chi connectivity index (χ3n) is 3.54. The molecule has 0 aromatic heterocycles. The molecule has 5 heteroatoms. The van der Waals surface area contributed by atoms with E-state index in [0.29, 0.717) is 11.5 Å². The summed E-state index contributed by atoms with van der Waals surface area (Å²) in [5.74, 6) is 8.46. The molecule has 0 spiro atoms. The van der Waals surface area contributed by atoms with Crippen molar-refractivity contribution in [2.75, 3.05) is 23.5 Å². The molecular formula is C14H21N3OS. The van der Waals surface area contributed by atoms with Gasteiger partial charge < -0.3 is 10.7 Å². The summed E-state index contributed by atoms with van der Waals surface area (Å²) in [7, 11) is 0. The largest absolute Gasteiger partial charge is 0.352 e. The van der Waals surface area contributed by atoms with Crippen LogP contribution in [0.5, 0.6) is 0 Å². The molecule has 1 saturated heterocycles. The van der Waals surface area contributed by atoms with Crippen LogP contribution in [0.2, 0.25) is 0 Å². The molecule has 0 unspecified atom stereocenters. The van der Waals surface area contributed by atoms with Crippen molar-refractivity contribution in [2.24, 2.45) is 11.8 Å². The van der Waals surface area contributed by atoms with Gasteiger partial charge in [-0.2, -0.15) is 11.8 Å². The summed E-state index contributed by atoms with van der Waals surface area (Å²) in [5, 5.41) is 3.03. The first-order chi connectivity index (χ1) is 9.20. The molecule has 0 atom stereocenters. The molecule has 1 heterocycles. The molecule has 0 aliphatic carbocycles. The minimum absolute atomic E-state index is 0.00454. The number of benzene rings is 1. The third-order valence-corrected chi connectivity index (χ3v) is 4.59. The molecule has 19 heavy (non-hydrogen) atoms. The van der Waals surface area contributed by atoms with Gasteiger partial charge in [-0.25, -0.2) is 0 Å². The van der Waals surface area contributed by atoms with Crippen molar-refractivity contribution >= 4 is 23.4 Å². The van der Waals surface area contributed by atoms with Crippen LogP contribution in [-0.2, 0) is 0 Å². The first-order valence-corrected chi connectivity index (χ1v) is 7.79. The highest BCUT2D eigenvalue weighted by molar-refractivity contribution is 7.99. The maximum absolute atomic E-state index is 12.1. The van der Waals surface area contributed by atoms with Crippen LogP contribution < -0.4 is 16.6 Å². The fraction of sp³-hybridized carbons (Fsp3) is 0.500. The molecule has 0 saturated carbocycles. The lowest BCUT2D eigenvalue weighted by Gasteiger charge is -2.21. The predicted octanol–water partition coefficient (Wildman–Crippen LogP) is 2.15. The number of rotatable bonds is 4. The molecule has 1 fully saturated rings. The normalized spacial score (nSPS) is 16.1. The summed E-state index contributed by atoms with van der Waals surface area (Å²) in [5.41, 5.74) is 5.13. The van der Waals surface area contributed by atoms with E-state index >= 15 is 0 Å². The topological polar surface area (TPSA) is 67.2 Å². The fourth-order valence-electron chi connectivity index (χ4n) is 2.26. The Bertz CT molecular complexity index is 444. The van der Waals surface area contributed by atoms with Crippen LogP contribution in [0.15, 0.2) is 18.2 Å². The van der Waals surface area contributed by atoms with Crippen LogP contribution in [0.3, 0.4) is 0 Å². The molecule has 1 aliphatic heterocycles. The highest BCUT2D eigenvalue weighted by Crippen LogP contribution is 2.22. The number of carbonyl (C=O) groups is 1. The van der Waals surface area contributed by atoms with Crippen molar-refractivity contribution in [3.63, 3.8) is 0 Å². The summed E-state index contributed by atoms with van der Waals surface area (Å²) in [4.78, 5) is 12.1. The summed E-state index contributed by atoms with van der Waals surface area (Å²) >= 11 is 2.00. The van der Waals surface area contributed by atoms with Crippen LogP contribution in [0, 0.1) is 12.8 Å². The van der Waals surface area contributed by atoms with Crippen molar-refractivity contribution in [1.82, 2.24) is 5.32 Å². The molecular weight excluding hydrogens is 258 g/mol. The number of amides is 1. The summed E-state index contributed by atoms with van der Waals surface area (Å²) in [6, 6.07) is 5.50. The Morgan fingerprint density at radius 3 is 2.79 bits per heavy atom. The van der Waals surface area contributed by atoms with E-state index in [0.717, 1.165) is 17.8 Å². The Kier molecular flexibility index (Phi) is 5.10. The zero-order valence-corrected chi connectivity index (χ0v) is 12.1. The van der Waals surface area contributed by atoms with Gasteiger partial charge in [0.25, 0.3) is 5.91 Å². The zero-order chi connectivity index (χ0) is 13.7. The van der Waals surface area contributed by atoms with Gasteiger partial charge in [0.05, 0.1) is 5.69 Å². The lowest BCUT2D eigenvalue weighted by molar-refractivity contribution is 0.0946. The van der Waals surface area contributed by atoms with Gasteiger partial charge in [0.2, 0.25) is 0 Å². The summed E-state index contributed by atoms with van der Waals surface area (Å²) in [6.07, 6.45) is 2.42. The summed E-state index contributed by atoms with van der Waals surface area (Å²) < 4.78 is 0. The van der Waals surface area contributed by atoms with E-state index in [4.69, 9.17) is 5.84 Å². The smallest absolute Gasteiger partial charge is 0.251 e. The van der Waals surface area contributed by atoms with Crippen molar-refractivity contribution in [1.29, 1.82) is 0 Å². The lowest BCUT2D eigenvalue weighted by Crippen LogP contribution is -2.31. The van der Waals surface area contributed by atoms with Gasteiger partial charge in [0.1, 0.15) is 0 Å². The van der Waals surface area contributed by atoms with Crippen molar-refractivity contribution < 1.29 is 4.79 Å². The van der Waals surface area contributed by atoms with Gasteiger partial charge in [-0.15, -0.1) is 0 Å². The molecule has 4 N–H and O–H groups in total. The first kappa shape index (κ1) is 14.2. The number of nitrogen functional groups attached to an aromatic ring is 1. The van der Waals surface area contributed by atoms with E-state index < -0.39 is 0 Å². The molecule has 1 aromatic rings. The Labute approximate surface area is 118 Å². The van der Waals surface area contributed by atoms with Gasteiger partial charge in [0, 0.05) is 12.1 Å². The minimum atomic E-state index is 0.00454. The Hall–Kier alpha value is -1.20. The van der Waals surface area contributed by atoms with Crippen LogP contribution >= 0.6 is 11.8 Å². The molecule has 0 bridgehead atoms. The SMILES string of the molecule is Cc1cc(C(=O)NCC2CCSCC2)ccc1NN. The average Bonchev–Trinajstić information content (AvgIpc) is 2.45. The van der Waals surface area contributed by atoms with Gasteiger partial charge in [0.15, 0.2) is 0 Å². The quantitative estimate of drug-likeness (QED) is 0.583. The zero-order valence-electron chi connectivity index (χ0n) is 11.2. The van der Waals surface area contributed by atoms with E-state index in [1.165, 1.54) is 24.3 Å². The maximum atomic E-state index is 12.1. The van der Waals surface area contributed by atoms with Crippen LogP contribution in [0.25, 0.3) is 0 Å². The predicted molar refractivity (Wildman–Crippen MR) is 81.4 cm³/mol. The number of hydrogen-bond acceptors (Lipinski definition) is 4. The maximum Gasteiger partial charge on any atom is 0.251 e. The standard InChI is InChI=1S/C14H21N3OS/c1-10-8-12(2-3-13(10)17-15)14(18)16-9-11-4-6-19-7-5-11/h2-3,8,11,17H,4-7,9,15H2,1H3,(H,16,18). The number of nitrogens with one attached hydrogen (secondary N) is 2. The second-order valence-electron chi connectivity index (χ2n) is 4.94. The lowest BCUT2D eigenvalue weighted by atomic mass is 10.0. The van der Waals surface area contributed by atoms with Crippen LogP contribution in [0.4, 0.5) is 5.69 Å². The van der Waals surface area contributed by atoms with Crippen molar-refractivity contribution in [3.05, 3.63) is 29.3 Å². The Balaban J connectivity index is 1.90. The van der Waals surface area contributed by atoms with E-state index in [2.05, 4.69) is 10.7 Å². The number of aryl methyl sites for hydroxylation is 1. The number of nitrogens with two attached hydrogens (primary N) is 1. The number of thioether (sulfide) groups is 1. The Morgan fingerprint density at radius 2 is 2.16 bits per heavy atom. The van der Waals surface area contributed by atoms with E-state index in [1.807, 2.05) is 30.8 Å². The van der Waals surface area contributed by atoms with Crippen molar-refractivity contribution in [3.8, 4) is 0 Å². The van der Waals surface area contributed by atoms with Crippen LogP contribution in [0.1, 0.15) is 28.8 Å². The molecule has 104 valence electrons. The average molecular weight is 279 g/mol. The second-order valence-corrected chi connectivity index (χ2v) is 6.16. The molecule has 1 aliphatic rings. The highest BCUT2D eigenvalue weighted by atomic mass is 32.2.